The minimum atomic E-state index is 0.176. The van der Waals surface area contributed by atoms with Crippen molar-refractivity contribution < 1.29 is 4.79 Å². The molecule has 10 heavy (non-hydrogen) atoms. The molecule has 2 atom stereocenters. The number of carbonyl (C=O) groups excluding carboxylic acids is 1. The van der Waals surface area contributed by atoms with Gasteiger partial charge in [-0.2, -0.15) is 0 Å². The van der Waals surface area contributed by atoms with Crippen LogP contribution in [0.3, 0.4) is 0 Å². The van der Waals surface area contributed by atoms with E-state index in [0.717, 1.165) is 18.4 Å². The van der Waals surface area contributed by atoms with Crippen LogP contribution in [0.1, 0.15) is 26.7 Å². The highest BCUT2D eigenvalue weighted by Gasteiger charge is 2.30. The Morgan fingerprint density at radius 1 is 1.60 bits per heavy atom. The van der Waals surface area contributed by atoms with Gasteiger partial charge in [0.2, 0.25) is 0 Å². The molecule has 56 valence electrons. The molecule has 1 nitrogen and oxygen atoms in total. The van der Waals surface area contributed by atoms with Crippen LogP contribution in [0.4, 0.5) is 0 Å². The third-order valence-corrected chi connectivity index (χ3v) is 2.31. The Balaban J connectivity index is 2.66. The van der Waals surface area contributed by atoms with Crippen LogP contribution in [0, 0.1) is 11.8 Å². The van der Waals surface area contributed by atoms with Crippen molar-refractivity contribution in [2.24, 2.45) is 11.8 Å². The maximum atomic E-state index is 11.3. The molecule has 1 rings (SSSR count). The molecular weight excluding hydrogens is 124 g/mol. The molecule has 1 heteroatoms. The first-order chi connectivity index (χ1) is 4.63. The highest BCUT2D eigenvalue weighted by molar-refractivity contribution is 5.87. The summed E-state index contributed by atoms with van der Waals surface area (Å²) in [6.45, 7) is 7.75. The van der Waals surface area contributed by atoms with E-state index in [1.807, 2.05) is 13.8 Å². The van der Waals surface area contributed by atoms with Gasteiger partial charge >= 0.3 is 0 Å². The Labute approximate surface area is 62.1 Å². The van der Waals surface area contributed by atoms with Gasteiger partial charge in [0.15, 0.2) is 0 Å². The standard InChI is InChI=1S/C9H14O/c1-6(2)8-5-4-7(3)9(8)10/h7-8H,1,4-5H2,2-3H3/t7-,8-/m0/s1. The predicted octanol–water partition coefficient (Wildman–Crippen LogP) is 2.18. The first-order valence-corrected chi connectivity index (χ1v) is 3.82. The average Bonchev–Trinajstić information content (AvgIpc) is 2.14. The highest BCUT2D eigenvalue weighted by atomic mass is 16.1. The third kappa shape index (κ3) is 1.13. The first-order valence-electron chi connectivity index (χ1n) is 3.82. The first kappa shape index (κ1) is 7.52. The summed E-state index contributed by atoms with van der Waals surface area (Å²) in [6.07, 6.45) is 2.08. The third-order valence-electron chi connectivity index (χ3n) is 2.31. The van der Waals surface area contributed by atoms with Crippen molar-refractivity contribution in [1.29, 1.82) is 0 Å². The van der Waals surface area contributed by atoms with Crippen LogP contribution in [0.5, 0.6) is 0 Å². The van der Waals surface area contributed by atoms with Crippen molar-refractivity contribution >= 4 is 5.78 Å². The zero-order chi connectivity index (χ0) is 7.72. The summed E-state index contributed by atoms with van der Waals surface area (Å²) in [5, 5.41) is 0. The molecule has 1 aliphatic rings. The van der Waals surface area contributed by atoms with Gasteiger partial charge in [0, 0.05) is 11.8 Å². The molecule has 0 aromatic carbocycles. The molecule has 0 aromatic rings. The second-order valence-electron chi connectivity index (χ2n) is 3.28. The zero-order valence-corrected chi connectivity index (χ0v) is 6.68. The van der Waals surface area contributed by atoms with Crippen LogP contribution in [0.2, 0.25) is 0 Å². The van der Waals surface area contributed by atoms with Gasteiger partial charge in [0.05, 0.1) is 0 Å². The number of Topliss-reactive ketones (excluding diaryl/α,β-unsaturated/α-hetero) is 1. The van der Waals surface area contributed by atoms with Crippen LogP contribution in [-0.4, -0.2) is 5.78 Å². The predicted molar refractivity (Wildman–Crippen MR) is 41.7 cm³/mol. The Morgan fingerprint density at radius 2 is 2.20 bits per heavy atom. The number of carbonyl (C=O) groups is 1. The largest absolute Gasteiger partial charge is 0.299 e. The van der Waals surface area contributed by atoms with Crippen LogP contribution >= 0.6 is 0 Å². The summed E-state index contributed by atoms with van der Waals surface area (Å²) in [5.74, 6) is 0.851. The van der Waals surface area contributed by atoms with Gasteiger partial charge in [-0.25, -0.2) is 0 Å². The summed E-state index contributed by atoms with van der Waals surface area (Å²) in [5.41, 5.74) is 1.04. The van der Waals surface area contributed by atoms with Crippen LogP contribution in [-0.2, 0) is 4.79 Å². The molecular formula is C9H14O. The number of rotatable bonds is 1. The van der Waals surface area contributed by atoms with Gasteiger partial charge in [-0.3, -0.25) is 4.79 Å². The topological polar surface area (TPSA) is 17.1 Å². The van der Waals surface area contributed by atoms with E-state index in [0.29, 0.717) is 5.78 Å². The molecule has 0 radical (unpaired) electrons. The number of allylic oxidation sites excluding steroid dienone is 1. The van der Waals surface area contributed by atoms with Crippen LogP contribution < -0.4 is 0 Å². The van der Waals surface area contributed by atoms with Gasteiger partial charge in [0.1, 0.15) is 5.78 Å². The van der Waals surface area contributed by atoms with Crippen molar-refractivity contribution in [2.45, 2.75) is 26.7 Å². The summed E-state index contributed by atoms with van der Waals surface area (Å²) in [4.78, 5) is 11.3. The van der Waals surface area contributed by atoms with E-state index >= 15 is 0 Å². The van der Waals surface area contributed by atoms with E-state index in [2.05, 4.69) is 6.58 Å². The quantitative estimate of drug-likeness (QED) is 0.507. The van der Waals surface area contributed by atoms with Crippen molar-refractivity contribution in [3.05, 3.63) is 12.2 Å². The Hall–Kier alpha value is -0.590. The fourth-order valence-electron chi connectivity index (χ4n) is 1.53. The summed E-state index contributed by atoms with van der Waals surface area (Å²) < 4.78 is 0. The van der Waals surface area contributed by atoms with Crippen molar-refractivity contribution in [2.75, 3.05) is 0 Å². The molecule has 0 heterocycles. The number of hydrogen-bond donors (Lipinski definition) is 0. The SMILES string of the molecule is C=C(C)[C@@H]1CC[C@H](C)C1=O. The lowest BCUT2D eigenvalue weighted by atomic mass is 9.98. The number of hydrogen-bond acceptors (Lipinski definition) is 1. The molecule has 0 saturated heterocycles. The van der Waals surface area contributed by atoms with E-state index in [1.54, 1.807) is 0 Å². The normalized spacial score (nSPS) is 32.8. The molecule has 0 aliphatic heterocycles. The molecule has 1 fully saturated rings. The second kappa shape index (κ2) is 2.57. The highest BCUT2D eigenvalue weighted by Crippen LogP contribution is 2.30. The smallest absolute Gasteiger partial charge is 0.142 e. The number of ketones is 1. The van der Waals surface area contributed by atoms with Crippen LogP contribution in [0.25, 0.3) is 0 Å². The summed E-state index contributed by atoms with van der Waals surface area (Å²) in [7, 11) is 0. The fourth-order valence-corrected chi connectivity index (χ4v) is 1.53. The summed E-state index contributed by atoms with van der Waals surface area (Å²) in [6, 6.07) is 0. The Bertz CT molecular complexity index is 170. The maximum Gasteiger partial charge on any atom is 0.142 e. The average molecular weight is 138 g/mol. The van der Waals surface area contributed by atoms with E-state index in [9.17, 15) is 4.79 Å². The molecule has 0 N–H and O–H groups in total. The Morgan fingerprint density at radius 3 is 2.40 bits per heavy atom. The van der Waals surface area contributed by atoms with Gasteiger partial charge in [-0.15, -0.1) is 0 Å². The molecule has 1 saturated carbocycles. The minimum absolute atomic E-state index is 0.176. The van der Waals surface area contributed by atoms with Gasteiger partial charge < -0.3 is 0 Å². The van der Waals surface area contributed by atoms with E-state index in [1.165, 1.54) is 0 Å². The lowest BCUT2D eigenvalue weighted by Crippen LogP contribution is -2.11. The summed E-state index contributed by atoms with van der Waals surface area (Å²) >= 11 is 0. The lowest BCUT2D eigenvalue weighted by Gasteiger charge is -2.05. The van der Waals surface area contributed by atoms with E-state index < -0.39 is 0 Å². The van der Waals surface area contributed by atoms with E-state index in [-0.39, 0.29) is 11.8 Å². The van der Waals surface area contributed by atoms with E-state index in [4.69, 9.17) is 0 Å². The van der Waals surface area contributed by atoms with Gasteiger partial charge in [-0.1, -0.05) is 19.1 Å². The van der Waals surface area contributed by atoms with Crippen molar-refractivity contribution in [3.8, 4) is 0 Å². The molecule has 0 unspecified atom stereocenters. The Kier molecular flexibility index (Phi) is 1.93. The molecule has 0 amide bonds. The lowest BCUT2D eigenvalue weighted by molar-refractivity contribution is -0.122. The fraction of sp³-hybridized carbons (Fsp3) is 0.667. The monoisotopic (exact) mass is 138 g/mol. The molecule has 1 aliphatic carbocycles. The van der Waals surface area contributed by atoms with Gasteiger partial charge in [-0.05, 0) is 19.8 Å². The maximum absolute atomic E-state index is 11.3. The molecule has 0 spiro atoms. The zero-order valence-electron chi connectivity index (χ0n) is 6.68. The van der Waals surface area contributed by atoms with Gasteiger partial charge in [0.25, 0.3) is 0 Å². The molecule has 0 aromatic heterocycles. The van der Waals surface area contributed by atoms with Crippen molar-refractivity contribution in [1.82, 2.24) is 0 Å². The van der Waals surface area contributed by atoms with Crippen molar-refractivity contribution in [3.63, 3.8) is 0 Å². The second-order valence-corrected chi connectivity index (χ2v) is 3.28. The van der Waals surface area contributed by atoms with Crippen LogP contribution in [0.15, 0.2) is 12.2 Å². The molecule has 0 bridgehead atoms. The minimum Gasteiger partial charge on any atom is -0.299 e.